The Morgan fingerprint density at radius 3 is 2.76 bits per heavy atom. The first kappa shape index (κ1) is 13.8. The fourth-order valence-electron chi connectivity index (χ4n) is 2.02. The molecule has 0 spiro atoms. The van der Waals surface area contributed by atoms with Gasteiger partial charge in [-0.25, -0.2) is 4.79 Å². The Kier molecular flexibility index (Phi) is 5.25. The van der Waals surface area contributed by atoms with Crippen LogP contribution in [0.15, 0.2) is 0 Å². The van der Waals surface area contributed by atoms with Crippen LogP contribution in [-0.4, -0.2) is 41.1 Å². The number of urea groups is 1. The van der Waals surface area contributed by atoms with Gasteiger partial charge < -0.3 is 15.3 Å². The minimum atomic E-state index is -0.814. The van der Waals surface area contributed by atoms with Crippen molar-refractivity contribution in [1.82, 2.24) is 10.2 Å². The van der Waals surface area contributed by atoms with Gasteiger partial charge in [0.15, 0.2) is 0 Å². The Bertz CT molecular complexity index is 281. The van der Waals surface area contributed by atoms with Crippen molar-refractivity contribution in [3.05, 3.63) is 0 Å². The Labute approximate surface area is 102 Å². The molecule has 1 saturated heterocycles. The number of aliphatic carboxylic acids is 1. The average molecular weight is 242 g/mol. The second kappa shape index (κ2) is 6.47. The van der Waals surface area contributed by atoms with Gasteiger partial charge in [0.05, 0.1) is 5.92 Å². The molecule has 0 aliphatic carbocycles. The number of carbonyl (C=O) groups excluding carboxylic acids is 1. The first-order valence-electron chi connectivity index (χ1n) is 6.29. The van der Waals surface area contributed by atoms with E-state index in [1.54, 1.807) is 6.92 Å². The van der Waals surface area contributed by atoms with Gasteiger partial charge in [-0.1, -0.05) is 6.92 Å². The molecule has 17 heavy (non-hydrogen) atoms. The first-order chi connectivity index (χ1) is 8.02. The molecule has 0 bridgehead atoms. The predicted molar refractivity (Wildman–Crippen MR) is 64.8 cm³/mol. The quantitative estimate of drug-likeness (QED) is 0.788. The number of rotatable bonds is 4. The van der Waals surface area contributed by atoms with E-state index in [2.05, 4.69) is 12.2 Å². The molecule has 0 aromatic heterocycles. The van der Waals surface area contributed by atoms with Gasteiger partial charge in [0.25, 0.3) is 0 Å². The number of carboxylic acids is 1. The Morgan fingerprint density at radius 2 is 2.18 bits per heavy atom. The Balaban J connectivity index is 2.26. The van der Waals surface area contributed by atoms with Gasteiger partial charge in [0, 0.05) is 19.1 Å². The molecule has 1 aliphatic rings. The molecule has 1 rings (SSSR count). The summed E-state index contributed by atoms with van der Waals surface area (Å²) >= 11 is 0. The molecule has 0 aromatic rings. The summed E-state index contributed by atoms with van der Waals surface area (Å²) in [6.45, 7) is 4.94. The monoisotopic (exact) mass is 242 g/mol. The summed E-state index contributed by atoms with van der Waals surface area (Å²) in [4.78, 5) is 24.3. The van der Waals surface area contributed by atoms with E-state index < -0.39 is 11.9 Å². The fraction of sp³-hybridized carbons (Fsp3) is 0.833. The van der Waals surface area contributed by atoms with Crippen LogP contribution in [0.5, 0.6) is 0 Å². The highest BCUT2D eigenvalue weighted by Crippen LogP contribution is 2.16. The lowest BCUT2D eigenvalue weighted by Gasteiger charge is -2.33. The second-order valence-electron chi connectivity index (χ2n) is 4.80. The molecule has 0 aromatic carbocycles. The van der Waals surface area contributed by atoms with Gasteiger partial charge in [0.1, 0.15) is 0 Å². The van der Waals surface area contributed by atoms with Crippen LogP contribution < -0.4 is 5.32 Å². The molecule has 0 saturated carbocycles. The van der Waals surface area contributed by atoms with Crippen molar-refractivity contribution in [2.45, 2.75) is 45.6 Å². The van der Waals surface area contributed by atoms with Crippen molar-refractivity contribution in [3.63, 3.8) is 0 Å². The highest BCUT2D eigenvalue weighted by molar-refractivity contribution is 5.74. The summed E-state index contributed by atoms with van der Waals surface area (Å²) in [6.07, 6.45) is 3.77. The normalized spacial score (nSPS) is 22.0. The van der Waals surface area contributed by atoms with Gasteiger partial charge in [-0.2, -0.15) is 0 Å². The highest BCUT2D eigenvalue weighted by atomic mass is 16.4. The number of carbonyl (C=O) groups is 2. The van der Waals surface area contributed by atoms with E-state index in [0.29, 0.717) is 19.0 Å². The molecular formula is C12H22N2O3. The van der Waals surface area contributed by atoms with Crippen LogP contribution in [0, 0.1) is 5.92 Å². The summed E-state index contributed by atoms with van der Waals surface area (Å²) in [5.74, 6) is -1.22. The lowest BCUT2D eigenvalue weighted by atomic mass is 10.0. The molecule has 1 aliphatic heterocycles. The Morgan fingerprint density at radius 1 is 1.47 bits per heavy atom. The van der Waals surface area contributed by atoms with Crippen molar-refractivity contribution in [2.75, 3.05) is 13.1 Å². The zero-order chi connectivity index (χ0) is 12.8. The molecule has 5 nitrogen and oxygen atoms in total. The average Bonchev–Trinajstić information content (AvgIpc) is 2.29. The molecule has 2 N–H and O–H groups in total. The number of nitrogens with zero attached hydrogens (tertiary/aromatic N) is 1. The first-order valence-corrected chi connectivity index (χ1v) is 6.29. The molecule has 1 fully saturated rings. The molecule has 0 radical (unpaired) electrons. The Hall–Kier alpha value is -1.26. The van der Waals surface area contributed by atoms with Crippen LogP contribution in [0.25, 0.3) is 0 Å². The maximum absolute atomic E-state index is 11.8. The minimum Gasteiger partial charge on any atom is -0.481 e. The summed E-state index contributed by atoms with van der Waals surface area (Å²) < 4.78 is 0. The molecule has 5 heteroatoms. The van der Waals surface area contributed by atoms with Gasteiger partial charge in [-0.3, -0.25) is 4.79 Å². The number of amides is 2. The lowest BCUT2D eigenvalue weighted by Crippen LogP contribution is -2.47. The molecule has 98 valence electrons. The smallest absolute Gasteiger partial charge is 0.317 e. The fourth-order valence-corrected chi connectivity index (χ4v) is 2.02. The lowest BCUT2D eigenvalue weighted by molar-refractivity contribution is -0.141. The van der Waals surface area contributed by atoms with Crippen LogP contribution in [0.1, 0.15) is 39.5 Å². The van der Waals surface area contributed by atoms with Crippen molar-refractivity contribution in [1.29, 1.82) is 0 Å². The number of piperidine rings is 1. The number of likely N-dealkylation sites (tertiary alicyclic amines) is 1. The standard InChI is InChI=1S/C12H22N2O3/c1-9(11(15)16)6-7-13-12(17)14-8-4-3-5-10(14)2/h9-10H,3-8H2,1-2H3,(H,13,17)(H,15,16). The maximum Gasteiger partial charge on any atom is 0.317 e. The van der Waals surface area contributed by atoms with E-state index in [9.17, 15) is 9.59 Å². The highest BCUT2D eigenvalue weighted by Gasteiger charge is 2.22. The zero-order valence-corrected chi connectivity index (χ0v) is 10.6. The van der Waals surface area contributed by atoms with Crippen LogP contribution in [0.2, 0.25) is 0 Å². The summed E-state index contributed by atoms with van der Waals surface area (Å²) in [7, 11) is 0. The third kappa shape index (κ3) is 4.24. The van der Waals surface area contributed by atoms with Gasteiger partial charge >= 0.3 is 12.0 Å². The number of hydrogen-bond acceptors (Lipinski definition) is 2. The SMILES string of the molecule is CC(CCNC(=O)N1CCCCC1C)C(=O)O. The maximum atomic E-state index is 11.8. The predicted octanol–water partition coefficient (Wildman–Crippen LogP) is 1.68. The number of carboxylic acid groups (broad SMARTS) is 1. The minimum absolute atomic E-state index is 0.0604. The zero-order valence-electron chi connectivity index (χ0n) is 10.6. The van der Waals surface area contributed by atoms with Crippen LogP contribution in [-0.2, 0) is 4.79 Å². The van der Waals surface area contributed by atoms with Crippen molar-refractivity contribution in [2.24, 2.45) is 5.92 Å². The summed E-state index contributed by atoms with van der Waals surface area (Å²) in [5, 5.41) is 11.5. The van der Waals surface area contributed by atoms with E-state index in [4.69, 9.17) is 5.11 Å². The van der Waals surface area contributed by atoms with Crippen LogP contribution in [0.4, 0.5) is 4.79 Å². The van der Waals surface area contributed by atoms with Gasteiger partial charge in [-0.05, 0) is 32.6 Å². The van der Waals surface area contributed by atoms with E-state index in [0.717, 1.165) is 19.4 Å². The third-order valence-corrected chi connectivity index (χ3v) is 3.34. The third-order valence-electron chi connectivity index (χ3n) is 3.34. The molecular weight excluding hydrogens is 220 g/mol. The second-order valence-corrected chi connectivity index (χ2v) is 4.80. The molecule has 2 unspecified atom stereocenters. The number of nitrogens with one attached hydrogen (secondary N) is 1. The molecule has 2 amide bonds. The summed E-state index contributed by atoms with van der Waals surface area (Å²) in [6, 6.07) is 0.232. The van der Waals surface area contributed by atoms with Crippen molar-refractivity contribution >= 4 is 12.0 Å². The van der Waals surface area contributed by atoms with Gasteiger partial charge in [0.2, 0.25) is 0 Å². The molecule has 1 heterocycles. The number of hydrogen-bond donors (Lipinski definition) is 2. The van der Waals surface area contributed by atoms with Crippen LogP contribution in [0.3, 0.4) is 0 Å². The van der Waals surface area contributed by atoms with E-state index in [-0.39, 0.29) is 6.03 Å². The van der Waals surface area contributed by atoms with Crippen molar-refractivity contribution in [3.8, 4) is 0 Å². The van der Waals surface area contributed by atoms with Crippen LogP contribution >= 0.6 is 0 Å². The van der Waals surface area contributed by atoms with E-state index in [1.165, 1.54) is 6.42 Å². The topological polar surface area (TPSA) is 69.6 Å². The summed E-state index contributed by atoms with van der Waals surface area (Å²) in [5.41, 5.74) is 0. The van der Waals surface area contributed by atoms with Gasteiger partial charge in [-0.15, -0.1) is 0 Å². The van der Waals surface area contributed by atoms with E-state index >= 15 is 0 Å². The molecule has 2 atom stereocenters. The largest absolute Gasteiger partial charge is 0.481 e. The van der Waals surface area contributed by atoms with Crippen molar-refractivity contribution < 1.29 is 14.7 Å². The van der Waals surface area contributed by atoms with E-state index in [1.807, 2.05) is 4.90 Å².